The molecule has 0 bridgehead atoms. The monoisotopic (exact) mass is 327 g/mol. The van der Waals surface area contributed by atoms with Crippen molar-refractivity contribution in [3.05, 3.63) is 41.6 Å². The zero-order valence-corrected chi connectivity index (χ0v) is 14.2. The van der Waals surface area contributed by atoms with Crippen LogP contribution in [0, 0.1) is 0 Å². The average Bonchev–Trinajstić information content (AvgIpc) is 3.24. The SMILES string of the molecule is CC(C)c1ccccc1N1C=C2C(=O)NC(N3CCCC3)NC2N1. The lowest BCUT2D eigenvalue weighted by Crippen LogP contribution is -2.66. The average molecular weight is 327 g/mol. The Morgan fingerprint density at radius 2 is 1.92 bits per heavy atom. The molecule has 2 fully saturated rings. The van der Waals surface area contributed by atoms with Gasteiger partial charge >= 0.3 is 0 Å². The molecule has 0 saturated carbocycles. The number of carbonyl (C=O) groups excluding carboxylic acids is 1. The molecule has 2 atom stereocenters. The molecule has 6 heteroatoms. The quantitative estimate of drug-likeness (QED) is 0.784. The van der Waals surface area contributed by atoms with Crippen LogP contribution in [0.4, 0.5) is 5.69 Å². The standard InChI is InChI=1S/C18H25N5O/c1-12(2)13-7-3-4-8-15(13)23-11-14-16(21-23)19-18(20-17(14)24)22-9-5-6-10-22/h3-4,7-8,11-12,16,18-19,21H,5-6,9-10H2,1-2H3,(H,20,24). The number of anilines is 1. The van der Waals surface area contributed by atoms with Crippen LogP contribution < -0.4 is 21.1 Å². The summed E-state index contributed by atoms with van der Waals surface area (Å²) in [4.78, 5) is 14.8. The van der Waals surface area contributed by atoms with Gasteiger partial charge in [0.1, 0.15) is 12.5 Å². The smallest absolute Gasteiger partial charge is 0.254 e. The van der Waals surface area contributed by atoms with Crippen LogP contribution in [-0.4, -0.2) is 36.4 Å². The van der Waals surface area contributed by atoms with E-state index in [9.17, 15) is 4.79 Å². The first-order chi connectivity index (χ1) is 11.6. The molecule has 3 N–H and O–H groups in total. The molecule has 4 rings (SSSR count). The molecule has 3 aliphatic rings. The van der Waals surface area contributed by atoms with Crippen LogP contribution in [0.15, 0.2) is 36.0 Å². The van der Waals surface area contributed by atoms with Gasteiger partial charge in [-0.25, -0.2) is 5.43 Å². The molecule has 128 valence electrons. The molecule has 1 aromatic rings. The number of nitrogens with one attached hydrogen (secondary N) is 3. The highest BCUT2D eigenvalue weighted by Crippen LogP contribution is 2.30. The molecule has 1 amide bonds. The van der Waals surface area contributed by atoms with Gasteiger partial charge in [0, 0.05) is 19.3 Å². The molecule has 0 aromatic heterocycles. The summed E-state index contributed by atoms with van der Waals surface area (Å²) in [5.41, 5.74) is 6.53. The second-order valence-corrected chi connectivity index (χ2v) is 7.02. The number of para-hydroxylation sites is 1. The van der Waals surface area contributed by atoms with E-state index in [0.717, 1.165) is 24.4 Å². The molecule has 3 heterocycles. The van der Waals surface area contributed by atoms with Gasteiger partial charge in [-0.3, -0.25) is 20.0 Å². The van der Waals surface area contributed by atoms with Crippen LogP contribution in [0.1, 0.15) is 38.2 Å². The fourth-order valence-corrected chi connectivity index (χ4v) is 3.71. The van der Waals surface area contributed by atoms with Gasteiger partial charge in [-0.2, -0.15) is 0 Å². The maximum Gasteiger partial charge on any atom is 0.254 e. The normalized spacial score (nSPS) is 27.4. The number of hydrazine groups is 1. The van der Waals surface area contributed by atoms with Crippen molar-refractivity contribution in [2.75, 3.05) is 18.1 Å². The zero-order chi connectivity index (χ0) is 16.7. The Labute approximate surface area is 142 Å². The number of likely N-dealkylation sites (tertiary alicyclic amines) is 1. The van der Waals surface area contributed by atoms with Crippen LogP contribution in [-0.2, 0) is 4.79 Å². The Hall–Kier alpha value is -1.89. The maximum atomic E-state index is 12.5. The van der Waals surface area contributed by atoms with Crippen molar-refractivity contribution in [1.29, 1.82) is 0 Å². The first-order valence-electron chi connectivity index (χ1n) is 8.80. The first-order valence-corrected chi connectivity index (χ1v) is 8.80. The second kappa shape index (κ2) is 6.20. The molecule has 1 aromatic carbocycles. The third-order valence-electron chi connectivity index (χ3n) is 5.03. The Morgan fingerprint density at radius 3 is 2.67 bits per heavy atom. The minimum atomic E-state index is -0.149. The van der Waals surface area contributed by atoms with E-state index in [1.807, 2.05) is 17.3 Å². The summed E-state index contributed by atoms with van der Waals surface area (Å²) < 4.78 is 0. The lowest BCUT2D eigenvalue weighted by molar-refractivity contribution is -0.121. The molecule has 6 nitrogen and oxygen atoms in total. The van der Waals surface area contributed by atoms with E-state index in [1.54, 1.807) is 0 Å². The Kier molecular flexibility index (Phi) is 4.04. The zero-order valence-electron chi connectivity index (χ0n) is 14.2. The molecular formula is C18H25N5O. The van der Waals surface area contributed by atoms with Crippen molar-refractivity contribution in [3.63, 3.8) is 0 Å². The predicted molar refractivity (Wildman–Crippen MR) is 93.9 cm³/mol. The highest BCUT2D eigenvalue weighted by Gasteiger charge is 2.39. The van der Waals surface area contributed by atoms with E-state index >= 15 is 0 Å². The molecule has 3 aliphatic heterocycles. The summed E-state index contributed by atoms with van der Waals surface area (Å²) in [5, 5.41) is 8.57. The largest absolute Gasteiger partial charge is 0.324 e. The number of rotatable bonds is 3. The number of nitrogens with zero attached hydrogens (tertiary/aromatic N) is 2. The summed E-state index contributed by atoms with van der Waals surface area (Å²) in [6, 6.07) is 8.32. The van der Waals surface area contributed by atoms with Crippen LogP contribution in [0.3, 0.4) is 0 Å². The van der Waals surface area contributed by atoms with Gasteiger partial charge in [0.25, 0.3) is 5.91 Å². The lowest BCUT2D eigenvalue weighted by Gasteiger charge is -2.36. The van der Waals surface area contributed by atoms with Crippen LogP contribution in [0.5, 0.6) is 0 Å². The van der Waals surface area contributed by atoms with Gasteiger partial charge < -0.3 is 5.32 Å². The number of hydrogen-bond donors (Lipinski definition) is 3. The van der Waals surface area contributed by atoms with Gasteiger partial charge in [-0.05, 0) is 30.4 Å². The van der Waals surface area contributed by atoms with Crippen molar-refractivity contribution in [2.24, 2.45) is 0 Å². The molecule has 24 heavy (non-hydrogen) atoms. The first kappa shape index (κ1) is 15.6. The van der Waals surface area contributed by atoms with Gasteiger partial charge in [0.15, 0.2) is 0 Å². The van der Waals surface area contributed by atoms with Gasteiger partial charge in [0.05, 0.1) is 11.3 Å². The van der Waals surface area contributed by atoms with Gasteiger partial charge in [0.2, 0.25) is 0 Å². The summed E-state index contributed by atoms with van der Waals surface area (Å²) in [6.07, 6.45) is 4.07. The van der Waals surface area contributed by atoms with E-state index in [2.05, 4.69) is 53.0 Å². The van der Waals surface area contributed by atoms with Crippen LogP contribution >= 0.6 is 0 Å². The van der Waals surface area contributed by atoms with E-state index < -0.39 is 0 Å². The third-order valence-corrected chi connectivity index (χ3v) is 5.03. The van der Waals surface area contributed by atoms with E-state index in [1.165, 1.54) is 18.4 Å². The molecular weight excluding hydrogens is 302 g/mol. The second-order valence-electron chi connectivity index (χ2n) is 7.02. The maximum absolute atomic E-state index is 12.5. The summed E-state index contributed by atoms with van der Waals surface area (Å²) in [6.45, 7) is 6.43. The lowest BCUT2D eigenvalue weighted by atomic mass is 10.0. The number of fused-ring (bicyclic) bond motifs is 1. The molecule has 2 unspecified atom stereocenters. The minimum absolute atomic E-state index is 0.00711. The number of benzene rings is 1. The summed E-state index contributed by atoms with van der Waals surface area (Å²) in [5.74, 6) is 0.427. The number of hydrogen-bond acceptors (Lipinski definition) is 5. The topological polar surface area (TPSA) is 59.6 Å². The summed E-state index contributed by atoms with van der Waals surface area (Å²) >= 11 is 0. The molecule has 0 aliphatic carbocycles. The Balaban J connectivity index is 1.56. The van der Waals surface area contributed by atoms with Crippen LogP contribution in [0.25, 0.3) is 0 Å². The van der Waals surface area contributed by atoms with Crippen molar-refractivity contribution >= 4 is 11.6 Å². The molecule has 0 radical (unpaired) electrons. The minimum Gasteiger partial charge on any atom is -0.324 e. The highest BCUT2D eigenvalue weighted by atomic mass is 16.2. The van der Waals surface area contributed by atoms with E-state index in [-0.39, 0.29) is 18.4 Å². The summed E-state index contributed by atoms with van der Waals surface area (Å²) in [7, 11) is 0. The van der Waals surface area contributed by atoms with Gasteiger partial charge in [-0.15, -0.1) is 0 Å². The Bertz CT molecular complexity index is 665. The Morgan fingerprint density at radius 1 is 1.17 bits per heavy atom. The highest BCUT2D eigenvalue weighted by molar-refractivity contribution is 5.96. The van der Waals surface area contributed by atoms with Gasteiger partial charge in [-0.1, -0.05) is 32.0 Å². The van der Waals surface area contributed by atoms with E-state index in [4.69, 9.17) is 0 Å². The van der Waals surface area contributed by atoms with Crippen molar-refractivity contribution in [3.8, 4) is 0 Å². The predicted octanol–water partition coefficient (Wildman–Crippen LogP) is 1.44. The number of carbonyl (C=O) groups is 1. The fraction of sp³-hybridized carbons (Fsp3) is 0.500. The molecule has 0 spiro atoms. The third kappa shape index (κ3) is 2.70. The van der Waals surface area contributed by atoms with Crippen LogP contribution in [0.2, 0.25) is 0 Å². The number of amides is 1. The van der Waals surface area contributed by atoms with E-state index in [0.29, 0.717) is 5.92 Å². The van der Waals surface area contributed by atoms with Crippen molar-refractivity contribution in [1.82, 2.24) is 21.0 Å². The van der Waals surface area contributed by atoms with Crippen molar-refractivity contribution < 1.29 is 4.79 Å². The molecule has 2 saturated heterocycles. The fourth-order valence-electron chi connectivity index (χ4n) is 3.71. The van der Waals surface area contributed by atoms with Crippen molar-refractivity contribution in [2.45, 2.75) is 45.1 Å².